The summed E-state index contributed by atoms with van der Waals surface area (Å²) in [6, 6.07) is 14.2. The van der Waals surface area contributed by atoms with Gasteiger partial charge in [0.25, 0.3) is 0 Å². The Hall–Kier alpha value is -4.20. The van der Waals surface area contributed by atoms with Gasteiger partial charge in [0.15, 0.2) is 11.6 Å². The van der Waals surface area contributed by atoms with Gasteiger partial charge in [0, 0.05) is 25.7 Å². The molecule has 0 fully saturated rings. The summed E-state index contributed by atoms with van der Waals surface area (Å²) in [6.45, 7) is 7.79. The molecule has 0 aromatic heterocycles. The molecule has 0 radical (unpaired) electrons. The molecule has 0 amide bonds. The molecule has 0 spiro atoms. The highest BCUT2D eigenvalue weighted by molar-refractivity contribution is 6.27. The van der Waals surface area contributed by atoms with E-state index in [-0.39, 0.29) is 70.7 Å². The van der Waals surface area contributed by atoms with Crippen LogP contribution in [-0.4, -0.2) is 47.4 Å². The van der Waals surface area contributed by atoms with Crippen LogP contribution in [0.25, 0.3) is 0 Å². The largest absolute Gasteiger partial charge is 0.511 e. The number of allylic oxidation sites excluding steroid dienone is 4. The molecular formula is C34H40N2O6. The number of rotatable bonds is 9. The Balaban J connectivity index is 1.79. The first kappa shape index (κ1) is 30.8. The van der Waals surface area contributed by atoms with E-state index in [4.69, 9.17) is 19.5 Å². The summed E-state index contributed by atoms with van der Waals surface area (Å²) in [5.74, 6) is 1.00. The van der Waals surface area contributed by atoms with Crippen LogP contribution in [0.1, 0.15) is 66.2 Å². The first-order chi connectivity index (χ1) is 19.8. The van der Waals surface area contributed by atoms with E-state index in [1.165, 1.54) is 0 Å². The van der Waals surface area contributed by atoms with Gasteiger partial charge >= 0.3 is 0 Å². The molecule has 0 bridgehead atoms. The van der Waals surface area contributed by atoms with Crippen LogP contribution in [0.3, 0.4) is 0 Å². The van der Waals surface area contributed by atoms with Crippen LogP contribution in [0.4, 0.5) is 11.4 Å². The third-order valence-corrected chi connectivity index (χ3v) is 7.55. The lowest BCUT2D eigenvalue weighted by Gasteiger charge is -2.31. The minimum atomic E-state index is -0.366. The maximum Gasteiger partial charge on any atom is 0.168 e. The number of aliphatic imine (C=N–C) groups is 2. The monoisotopic (exact) mass is 572 g/mol. The molecule has 4 rings (SSSR count). The highest BCUT2D eigenvalue weighted by Gasteiger charge is 2.37. The number of carbonyl (C=O) groups is 2. The summed E-state index contributed by atoms with van der Waals surface area (Å²) in [5, 5.41) is 22.1. The van der Waals surface area contributed by atoms with Gasteiger partial charge in [-0.15, -0.1) is 0 Å². The number of aliphatic hydroxyl groups excluding tert-OH is 2. The van der Waals surface area contributed by atoms with Crippen molar-refractivity contribution in [2.24, 2.45) is 20.8 Å². The number of Topliss-reactive ketones (excluding diaryl/α,β-unsaturated/α-hetero) is 2. The first-order valence-corrected chi connectivity index (χ1v) is 14.2. The minimum absolute atomic E-state index is 0.00899. The van der Waals surface area contributed by atoms with Crippen molar-refractivity contribution in [3.05, 3.63) is 71.2 Å². The number of ether oxygens (including phenoxy) is 2. The Morgan fingerprint density at radius 1 is 0.643 bits per heavy atom. The lowest BCUT2D eigenvalue weighted by atomic mass is 9.74. The fraction of sp³-hybridized carbons (Fsp3) is 0.412. The third kappa shape index (κ3) is 7.35. The zero-order valence-electron chi connectivity index (χ0n) is 25.3. The van der Waals surface area contributed by atoms with Crippen molar-refractivity contribution in [3.8, 4) is 11.5 Å². The van der Waals surface area contributed by atoms with Gasteiger partial charge in [-0.05, 0) is 72.2 Å². The number of nitrogens with zero attached hydrogens (tertiary/aromatic N) is 2. The Morgan fingerprint density at radius 3 is 1.26 bits per heavy atom. The fourth-order valence-electron chi connectivity index (χ4n) is 5.57. The topological polar surface area (TPSA) is 118 Å². The first-order valence-electron chi connectivity index (χ1n) is 14.2. The van der Waals surface area contributed by atoms with Crippen molar-refractivity contribution >= 4 is 34.4 Å². The second-order valence-electron chi connectivity index (χ2n) is 12.5. The lowest BCUT2D eigenvalue weighted by Crippen LogP contribution is -2.31. The van der Waals surface area contributed by atoms with Gasteiger partial charge in [-0.1, -0.05) is 27.7 Å². The van der Waals surface area contributed by atoms with Gasteiger partial charge in [0.05, 0.1) is 48.2 Å². The molecule has 2 aliphatic rings. The molecule has 42 heavy (non-hydrogen) atoms. The van der Waals surface area contributed by atoms with Crippen LogP contribution in [0.2, 0.25) is 0 Å². The van der Waals surface area contributed by atoms with Crippen LogP contribution in [0.5, 0.6) is 11.5 Å². The molecule has 2 aromatic carbocycles. The van der Waals surface area contributed by atoms with Gasteiger partial charge in [0.1, 0.15) is 23.0 Å². The van der Waals surface area contributed by atoms with E-state index in [0.29, 0.717) is 47.1 Å². The highest BCUT2D eigenvalue weighted by atomic mass is 16.5. The number of benzene rings is 2. The van der Waals surface area contributed by atoms with Crippen molar-refractivity contribution in [2.45, 2.75) is 66.2 Å². The van der Waals surface area contributed by atoms with E-state index in [1.54, 1.807) is 62.8 Å². The predicted molar refractivity (Wildman–Crippen MR) is 165 cm³/mol. The Morgan fingerprint density at radius 2 is 0.976 bits per heavy atom. The molecule has 0 aliphatic heterocycles. The molecule has 0 saturated heterocycles. The summed E-state index contributed by atoms with van der Waals surface area (Å²) in [5.41, 5.74) is 1.69. The van der Waals surface area contributed by atoms with Gasteiger partial charge in [-0.2, -0.15) is 0 Å². The van der Waals surface area contributed by atoms with Crippen molar-refractivity contribution in [1.29, 1.82) is 0 Å². The van der Waals surface area contributed by atoms with Crippen LogP contribution < -0.4 is 9.47 Å². The normalized spacial score (nSPS) is 19.3. The Labute approximate surface area is 247 Å². The predicted octanol–water partition coefficient (Wildman–Crippen LogP) is 7.73. The summed E-state index contributed by atoms with van der Waals surface area (Å²) in [6.07, 6.45) is 1.67. The van der Waals surface area contributed by atoms with E-state index >= 15 is 0 Å². The van der Waals surface area contributed by atoms with Crippen LogP contribution in [0, 0.1) is 10.8 Å². The second-order valence-corrected chi connectivity index (χ2v) is 12.5. The molecule has 8 nitrogen and oxygen atoms in total. The summed E-state index contributed by atoms with van der Waals surface area (Å²) in [7, 11) is 3.16. The number of aliphatic hydroxyl groups is 2. The lowest BCUT2D eigenvalue weighted by molar-refractivity contribution is -0.118. The van der Waals surface area contributed by atoms with Gasteiger partial charge in [-0.3, -0.25) is 19.6 Å². The van der Waals surface area contributed by atoms with Crippen molar-refractivity contribution in [3.63, 3.8) is 0 Å². The fourth-order valence-corrected chi connectivity index (χ4v) is 5.57. The number of methoxy groups -OCH3 is 2. The molecule has 8 heteroatoms. The average Bonchev–Trinajstić information content (AvgIpc) is 2.90. The summed E-state index contributed by atoms with van der Waals surface area (Å²) >= 11 is 0. The molecule has 2 N–H and O–H groups in total. The minimum Gasteiger partial charge on any atom is -0.511 e. The van der Waals surface area contributed by atoms with E-state index in [1.807, 2.05) is 27.7 Å². The zero-order chi connectivity index (χ0) is 30.7. The summed E-state index contributed by atoms with van der Waals surface area (Å²) in [4.78, 5) is 36.3. The number of ketones is 2. The maximum atomic E-state index is 13.4. The van der Waals surface area contributed by atoms with Crippen molar-refractivity contribution in [1.82, 2.24) is 0 Å². The molecule has 2 aliphatic carbocycles. The molecule has 222 valence electrons. The van der Waals surface area contributed by atoms with Crippen LogP contribution >= 0.6 is 0 Å². The quantitative estimate of drug-likeness (QED) is 0.297. The molecule has 0 atom stereocenters. The Bertz CT molecular complexity index is 1360. The van der Waals surface area contributed by atoms with Crippen molar-refractivity contribution in [2.75, 3.05) is 14.2 Å². The van der Waals surface area contributed by atoms with Crippen molar-refractivity contribution < 1.29 is 29.3 Å². The highest BCUT2D eigenvalue weighted by Crippen LogP contribution is 2.39. The molecule has 0 heterocycles. The third-order valence-electron chi connectivity index (χ3n) is 7.55. The molecular weight excluding hydrogens is 532 g/mol. The maximum absolute atomic E-state index is 13.4. The van der Waals surface area contributed by atoms with Crippen LogP contribution in [0.15, 0.2) is 81.2 Å². The van der Waals surface area contributed by atoms with E-state index < -0.39 is 0 Å². The molecule has 2 aromatic rings. The molecule has 0 unspecified atom stereocenters. The average molecular weight is 573 g/mol. The zero-order valence-corrected chi connectivity index (χ0v) is 25.3. The van der Waals surface area contributed by atoms with Gasteiger partial charge in [-0.25, -0.2) is 0 Å². The van der Waals surface area contributed by atoms with Gasteiger partial charge in [0.2, 0.25) is 0 Å². The standard InChI is InChI=1S/C34H40N2O6/c1-33(2)17-27(37)31(28(38)18-33)25(35-21-7-11-23(41-5)12-8-21)15-16-26(36-22-9-13-24(42-6)14-10-22)32-29(39)19-34(3,4)20-30(32)40/h7-14,37,39H,15-20H2,1-6H3. The summed E-state index contributed by atoms with van der Waals surface area (Å²) < 4.78 is 10.5. The van der Waals surface area contributed by atoms with Crippen LogP contribution in [-0.2, 0) is 9.59 Å². The SMILES string of the molecule is COc1ccc(N=C(CCC(=Nc2ccc(OC)cc2)C2=C(O)CC(C)(C)CC2=O)C2=C(O)CC(C)(C)CC2=O)cc1. The number of hydrogen-bond donors (Lipinski definition) is 2. The number of hydrogen-bond acceptors (Lipinski definition) is 8. The Kier molecular flexibility index (Phi) is 9.04. The second kappa shape index (κ2) is 12.3. The molecule has 0 saturated carbocycles. The van der Waals surface area contributed by atoms with E-state index in [2.05, 4.69) is 0 Å². The number of carbonyl (C=O) groups excluding carboxylic acids is 2. The smallest absolute Gasteiger partial charge is 0.168 e. The van der Waals surface area contributed by atoms with Gasteiger partial charge < -0.3 is 19.7 Å². The van der Waals surface area contributed by atoms with E-state index in [0.717, 1.165) is 0 Å². The van der Waals surface area contributed by atoms with E-state index in [9.17, 15) is 19.8 Å².